The van der Waals surface area contributed by atoms with E-state index in [1.54, 1.807) is 0 Å². The summed E-state index contributed by atoms with van der Waals surface area (Å²) in [5.41, 5.74) is 2.30. The highest BCUT2D eigenvalue weighted by molar-refractivity contribution is 14.4. The highest BCUT2D eigenvalue weighted by Gasteiger charge is 2.13. The van der Waals surface area contributed by atoms with Gasteiger partial charge < -0.3 is 5.11 Å². The van der Waals surface area contributed by atoms with Gasteiger partial charge in [0.2, 0.25) is 0 Å². The zero-order valence-corrected chi connectivity index (χ0v) is 20.7. The van der Waals surface area contributed by atoms with Crippen molar-refractivity contribution >= 4 is 86.7 Å². The first-order chi connectivity index (χ1) is 12.1. The number of benzene rings is 4. The van der Waals surface area contributed by atoms with Crippen LogP contribution >= 0.6 is 60.8 Å². The minimum Gasteiger partial charge on any atom is -0.507 e. The van der Waals surface area contributed by atoms with E-state index in [4.69, 9.17) is 0 Å². The Kier molecular flexibility index (Phi) is 7.26. The van der Waals surface area contributed by atoms with E-state index in [9.17, 15) is 5.11 Å². The minimum atomic E-state index is -0.229. The third kappa shape index (κ3) is 4.61. The summed E-state index contributed by atoms with van der Waals surface area (Å²) in [5, 5.41) is 14.5. The van der Waals surface area contributed by atoms with Crippen molar-refractivity contribution in [3.8, 4) is 16.9 Å². The molecule has 4 aromatic rings. The number of hydrogen-bond donors (Lipinski definition) is 1. The Labute approximate surface area is 185 Å². The Bertz CT molecular complexity index is 944. The summed E-state index contributed by atoms with van der Waals surface area (Å²) in [6.45, 7) is 0. The quantitative estimate of drug-likeness (QED) is 0.126. The first-order valence-corrected chi connectivity index (χ1v) is 20.1. The van der Waals surface area contributed by atoms with Crippen LogP contribution in [0.25, 0.3) is 32.7 Å². The fourth-order valence-corrected chi connectivity index (χ4v) is 2.97. The number of rotatable bonds is 1. The normalized spacial score (nSPS) is 10.4. The molecular formula is C20H13AlI3O. The molecule has 0 bridgehead atoms. The van der Waals surface area contributed by atoms with Crippen molar-refractivity contribution in [1.82, 2.24) is 0 Å². The molecule has 0 saturated heterocycles. The van der Waals surface area contributed by atoms with E-state index < -0.39 is 0 Å². The average molecular weight is 677 g/mol. The van der Waals surface area contributed by atoms with Gasteiger partial charge in [-0.05, 0) is 28.0 Å². The number of halogens is 3. The zero-order valence-electron chi connectivity index (χ0n) is 13.1. The number of phenolic OH excluding ortho intramolecular Hbond substituents is 1. The first kappa shape index (κ1) is 19.7. The summed E-state index contributed by atoms with van der Waals surface area (Å²) in [6.07, 6.45) is 0. The van der Waals surface area contributed by atoms with Crippen LogP contribution in [0.2, 0.25) is 0 Å². The molecule has 1 nitrogen and oxygen atoms in total. The lowest BCUT2D eigenvalue weighted by Crippen LogP contribution is -1.86. The standard InChI is InChI=1S/C20H13O.Al.3HI/c21-20-17-12-6-4-10-15(17)19(14-8-2-1-3-9-14)16-11-5-7-13-18(16)20;;;;/h2-13,21H;;3*1H/q;+3;;;/p-3. The molecule has 123 valence electrons. The molecular weight excluding hydrogens is 664 g/mol. The Balaban J connectivity index is 0.000000415. The molecule has 0 unspecified atom stereocenters. The summed E-state index contributed by atoms with van der Waals surface area (Å²) in [5.74, 6) is 0.354. The smallest absolute Gasteiger partial charge is 0.507 e. The van der Waals surface area contributed by atoms with Gasteiger partial charge in [0.15, 0.2) is 0 Å². The van der Waals surface area contributed by atoms with Crippen molar-refractivity contribution in [2.24, 2.45) is 0 Å². The highest BCUT2D eigenvalue weighted by Crippen LogP contribution is 2.42. The summed E-state index contributed by atoms with van der Waals surface area (Å²) >= 11 is 7.37. The number of fused-ring (bicyclic) bond motifs is 2. The molecule has 0 fully saturated rings. The summed E-state index contributed by atoms with van der Waals surface area (Å²) in [7, 11) is 0. The van der Waals surface area contributed by atoms with Crippen molar-refractivity contribution in [3.63, 3.8) is 0 Å². The number of aromatic hydroxyl groups is 1. The Morgan fingerprint density at radius 2 is 1.08 bits per heavy atom. The molecule has 0 aliphatic heterocycles. The molecule has 1 N–H and O–H groups in total. The van der Waals surface area contributed by atoms with E-state index in [1.165, 1.54) is 0 Å². The molecule has 4 aromatic carbocycles. The molecule has 0 heterocycles. The predicted octanol–water partition coefficient (Wildman–Crippen LogP) is 7.44. The van der Waals surface area contributed by atoms with E-state index >= 15 is 0 Å². The topological polar surface area (TPSA) is 20.2 Å². The number of phenols is 1. The molecule has 1 radical (unpaired) electrons. The average Bonchev–Trinajstić information content (AvgIpc) is 2.63. The van der Waals surface area contributed by atoms with Crippen LogP contribution in [0.4, 0.5) is 0 Å². The maximum absolute atomic E-state index is 10.6. The molecule has 0 aliphatic rings. The molecule has 0 aliphatic carbocycles. The Hall–Kier alpha value is -0.0775. The van der Waals surface area contributed by atoms with Gasteiger partial charge in [-0.2, -0.15) is 60.8 Å². The number of hydrogen-bond acceptors (Lipinski definition) is 1. The molecule has 0 atom stereocenters. The monoisotopic (exact) mass is 677 g/mol. The fraction of sp³-hybridized carbons (Fsp3) is 0. The molecule has 0 aromatic heterocycles. The Morgan fingerprint density at radius 1 is 0.680 bits per heavy atom. The van der Waals surface area contributed by atoms with Crippen molar-refractivity contribution in [2.75, 3.05) is 0 Å². The summed E-state index contributed by atoms with van der Waals surface area (Å²) in [6, 6.07) is 27.0. The van der Waals surface area contributed by atoms with E-state index in [-0.39, 0.29) is 4.30 Å². The van der Waals surface area contributed by atoms with Crippen molar-refractivity contribution < 1.29 is 5.11 Å². The maximum Gasteiger partial charge on any atom is 0.524 e. The van der Waals surface area contributed by atoms with Gasteiger partial charge in [-0.15, -0.1) is 0 Å². The second-order valence-corrected chi connectivity index (χ2v) is 38.5. The van der Waals surface area contributed by atoms with Crippen LogP contribution in [0.3, 0.4) is 0 Å². The highest BCUT2D eigenvalue weighted by atomic mass is 127. The van der Waals surface area contributed by atoms with Crippen LogP contribution in [0.5, 0.6) is 5.75 Å². The lowest BCUT2D eigenvalue weighted by molar-refractivity contribution is 0.488. The van der Waals surface area contributed by atoms with E-state index in [2.05, 4.69) is 91.2 Å². The third-order valence-corrected chi connectivity index (χ3v) is 3.91. The van der Waals surface area contributed by atoms with Crippen LogP contribution < -0.4 is 0 Å². The largest absolute Gasteiger partial charge is 0.524 e. The summed E-state index contributed by atoms with van der Waals surface area (Å²) < 4.78 is -0.229. The molecule has 0 amide bonds. The SMILES string of the molecule is Oc1c2ccccc2c(-c2cc[c]cc2)c2ccccc12.[I][Al]([I])[I]. The van der Waals surface area contributed by atoms with Crippen LogP contribution in [0.1, 0.15) is 0 Å². The lowest BCUT2D eigenvalue weighted by Gasteiger charge is -2.13. The van der Waals surface area contributed by atoms with Crippen LogP contribution in [0.15, 0.2) is 72.8 Å². The molecule has 0 spiro atoms. The fourth-order valence-electron chi connectivity index (χ4n) is 2.97. The van der Waals surface area contributed by atoms with E-state index in [0.717, 1.165) is 32.7 Å². The van der Waals surface area contributed by atoms with Crippen molar-refractivity contribution in [1.29, 1.82) is 0 Å². The van der Waals surface area contributed by atoms with Gasteiger partial charge in [-0.25, -0.2) is 0 Å². The van der Waals surface area contributed by atoms with Crippen LogP contribution in [-0.4, -0.2) is 9.41 Å². The predicted molar refractivity (Wildman–Crippen MR) is 135 cm³/mol. The van der Waals surface area contributed by atoms with Gasteiger partial charge >= 0.3 is 4.30 Å². The van der Waals surface area contributed by atoms with Crippen LogP contribution in [-0.2, 0) is 0 Å². The Morgan fingerprint density at radius 3 is 1.52 bits per heavy atom. The molecule has 0 saturated carbocycles. The minimum absolute atomic E-state index is 0.229. The van der Waals surface area contributed by atoms with E-state index in [0.29, 0.717) is 5.75 Å². The lowest BCUT2D eigenvalue weighted by atomic mass is 9.91. The molecule has 25 heavy (non-hydrogen) atoms. The third-order valence-electron chi connectivity index (χ3n) is 3.91. The van der Waals surface area contributed by atoms with Gasteiger partial charge in [0, 0.05) is 10.8 Å². The van der Waals surface area contributed by atoms with E-state index in [1.807, 2.05) is 48.5 Å². The van der Waals surface area contributed by atoms with Crippen LogP contribution in [0, 0.1) is 6.07 Å². The van der Waals surface area contributed by atoms with Gasteiger partial charge in [0.05, 0.1) is 0 Å². The van der Waals surface area contributed by atoms with Crippen molar-refractivity contribution in [3.05, 3.63) is 78.9 Å². The van der Waals surface area contributed by atoms with Gasteiger partial charge in [0.1, 0.15) is 5.75 Å². The zero-order chi connectivity index (χ0) is 17.8. The van der Waals surface area contributed by atoms with Gasteiger partial charge in [-0.1, -0.05) is 72.8 Å². The first-order valence-electron chi connectivity index (χ1n) is 7.60. The second-order valence-electron chi connectivity index (χ2n) is 5.35. The second kappa shape index (κ2) is 9.22. The molecule has 4 rings (SSSR count). The van der Waals surface area contributed by atoms with Gasteiger partial charge in [-0.3, -0.25) is 0 Å². The maximum atomic E-state index is 10.6. The summed E-state index contributed by atoms with van der Waals surface area (Å²) in [4.78, 5) is 0. The van der Waals surface area contributed by atoms with Gasteiger partial charge in [0.25, 0.3) is 0 Å². The van der Waals surface area contributed by atoms with Crippen molar-refractivity contribution in [2.45, 2.75) is 0 Å². The molecule has 5 heteroatoms.